The molecule has 0 spiro atoms. The van der Waals surface area contributed by atoms with Crippen LogP contribution in [0.25, 0.3) is 0 Å². The summed E-state index contributed by atoms with van der Waals surface area (Å²) in [6.45, 7) is 6.05. The summed E-state index contributed by atoms with van der Waals surface area (Å²) in [6.07, 6.45) is 15.7. The lowest BCUT2D eigenvalue weighted by molar-refractivity contribution is -0.247. The molecule has 0 amide bonds. The summed E-state index contributed by atoms with van der Waals surface area (Å²) in [5, 5.41) is 9.86. The van der Waals surface area contributed by atoms with Crippen molar-refractivity contribution in [2.24, 2.45) is 17.3 Å². The first kappa shape index (κ1) is 20.7. The van der Waals surface area contributed by atoms with E-state index in [-0.39, 0.29) is 6.29 Å². The highest BCUT2D eigenvalue weighted by atomic mass is 16.7. The molecule has 1 saturated carbocycles. The van der Waals surface area contributed by atoms with Crippen LogP contribution in [0.15, 0.2) is 0 Å². The van der Waals surface area contributed by atoms with E-state index in [1.807, 2.05) is 0 Å². The summed E-state index contributed by atoms with van der Waals surface area (Å²) in [7, 11) is 0. The molecule has 0 aromatic heterocycles. The number of rotatable bonds is 10. The molecular formula is C22H39NO2. The zero-order chi connectivity index (χ0) is 18.0. The molecule has 1 heterocycles. The van der Waals surface area contributed by atoms with Crippen molar-refractivity contribution in [2.45, 2.75) is 104 Å². The highest BCUT2D eigenvalue weighted by Gasteiger charge is 2.45. The molecule has 3 heteroatoms. The second kappa shape index (κ2) is 11.2. The third-order valence-electron chi connectivity index (χ3n) is 6.32. The summed E-state index contributed by atoms with van der Waals surface area (Å²) in [5.74, 6) is 1.33. The number of nitriles is 1. The van der Waals surface area contributed by atoms with E-state index in [2.05, 4.69) is 19.9 Å². The van der Waals surface area contributed by atoms with Gasteiger partial charge in [-0.25, -0.2) is 0 Å². The van der Waals surface area contributed by atoms with E-state index >= 15 is 0 Å². The molecule has 2 aliphatic rings. The first-order valence-electron chi connectivity index (χ1n) is 10.9. The van der Waals surface area contributed by atoms with Crippen LogP contribution in [0, 0.1) is 28.6 Å². The quantitative estimate of drug-likeness (QED) is 0.439. The smallest absolute Gasteiger partial charge is 0.176 e. The fourth-order valence-corrected chi connectivity index (χ4v) is 4.45. The Morgan fingerprint density at radius 1 is 0.840 bits per heavy atom. The molecule has 0 aromatic carbocycles. The first-order chi connectivity index (χ1) is 12.2. The van der Waals surface area contributed by atoms with Crippen molar-refractivity contribution < 1.29 is 9.47 Å². The standard InChI is InChI=1S/C22H39NO2/c1-3-5-7-9-10-19-12-14-22(18-23,15-13-19)21-24-16-20(17-25-21)11-8-6-4-2/h19-21H,3-17H2,1-2H3/t19-,20?,21?,22-. The molecule has 0 bridgehead atoms. The summed E-state index contributed by atoms with van der Waals surface area (Å²) in [6, 6.07) is 2.60. The lowest BCUT2D eigenvalue weighted by Crippen LogP contribution is -2.45. The van der Waals surface area contributed by atoms with E-state index in [0.29, 0.717) is 5.92 Å². The SMILES string of the molecule is CCCCCC[C@H]1CC[C@](C#N)(C2OCC(CCCCC)CO2)CC1. The highest BCUT2D eigenvalue weighted by molar-refractivity contribution is 5.04. The molecule has 1 saturated heterocycles. The first-order valence-corrected chi connectivity index (χ1v) is 10.9. The van der Waals surface area contributed by atoms with Gasteiger partial charge in [0.15, 0.2) is 6.29 Å². The van der Waals surface area contributed by atoms with Crippen LogP contribution < -0.4 is 0 Å². The Labute approximate surface area is 155 Å². The Bertz CT molecular complexity index is 387. The Hall–Kier alpha value is -0.590. The zero-order valence-corrected chi connectivity index (χ0v) is 16.6. The van der Waals surface area contributed by atoms with Gasteiger partial charge >= 0.3 is 0 Å². The molecule has 0 unspecified atom stereocenters. The molecule has 2 fully saturated rings. The van der Waals surface area contributed by atoms with Crippen LogP contribution in [0.3, 0.4) is 0 Å². The van der Waals surface area contributed by atoms with E-state index in [9.17, 15) is 5.26 Å². The molecule has 25 heavy (non-hydrogen) atoms. The molecule has 0 atom stereocenters. The topological polar surface area (TPSA) is 42.2 Å². The normalized spacial score (nSPS) is 33.1. The fourth-order valence-electron chi connectivity index (χ4n) is 4.45. The molecule has 3 nitrogen and oxygen atoms in total. The van der Waals surface area contributed by atoms with Crippen LogP contribution in [0.2, 0.25) is 0 Å². The summed E-state index contributed by atoms with van der Waals surface area (Å²) >= 11 is 0. The molecule has 0 radical (unpaired) electrons. The zero-order valence-electron chi connectivity index (χ0n) is 16.6. The minimum absolute atomic E-state index is 0.291. The predicted molar refractivity (Wildman–Crippen MR) is 102 cm³/mol. The molecular weight excluding hydrogens is 310 g/mol. The molecule has 0 aromatic rings. The van der Waals surface area contributed by atoms with Gasteiger partial charge in [0, 0.05) is 5.92 Å². The van der Waals surface area contributed by atoms with E-state index in [0.717, 1.165) is 32.0 Å². The average molecular weight is 350 g/mol. The highest BCUT2D eigenvalue weighted by Crippen LogP contribution is 2.45. The maximum absolute atomic E-state index is 9.86. The maximum atomic E-state index is 9.86. The molecule has 144 valence electrons. The van der Waals surface area contributed by atoms with Crippen molar-refractivity contribution in [3.63, 3.8) is 0 Å². The van der Waals surface area contributed by atoms with Crippen LogP contribution in [0.1, 0.15) is 97.3 Å². The van der Waals surface area contributed by atoms with Crippen LogP contribution in [-0.2, 0) is 9.47 Å². The second-order valence-electron chi connectivity index (χ2n) is 8.42. The third kappa shape index (κ3) is 6.26. The monoisotopic (exact) mass is 349 g/mol. The average Bonchev–Trinajstić information content (AvgIpc) is 2.67. The lowest BCUT2D eigenvalue weighted by atomic mass is 9.69. The van der Waals surface area contributed by atoms with Crippen molar-refractivity contribution >= 4 is 0 Å². The second-order valence-corrected chi connectivity index (χ2v) is 8.42. The maximum Gasteiger partial charge on any atom is 0.176 e. The van der Waals surface area contributed by atoms with Crippen molar-refractivity contribution in [1.82, 2.24) is 0 Å². The molecule has 0 N–H and O–H groups in total. The number of ether oxygens (including phenoxy) is 2. The van der Waals surface area contributed by atoms with Crippen molar-refractivity contribution in [3.05, 3.63) is 0 Å². The molecule has 1 aliphatic heterocycles. The van der Waals surface area contributed by atoms with Crippen LogP contribution in [-0.4, -0.2) is 19.5 Å². The van der Waals surface area contributed by atoms with Gasteiger partial charge in [-0.15, -0.1) is 0 Å². The van der Waals surface area contributed by atoms with Gasteiger partial charge < -0.3 is 9.47 Å². The van der Waals surface area contributed by atoms with E-state index in [4.69, 9.17) is 9.47 Å². The largest absolute Gasteiger partial charge is 0.351 e. The molecule has 2 rings (SSSR count). The van der Waals surface area contributed by atoms with Crippen LogP contribution in [0.5, 0.6) is 0 Å². The minimum atomic E-state index is -0.395. The van der Waals surface area contributed by atoms with E-state index in [1.165, 1.54) is 70.6 Å². The fraction of sp³-hybridized carbons (Fsp3) is 0.955. The van der Waals surface area contributed by atoms with Crippen molar-refractivity contribution in [2.75, 3.05) is 13.2 Å². The van der Waals surface area contributed by atoms with E-state index in [1.54, 1.807) is 0 Å². The van der Waals surface area contributed by atoms with Crippen molar-refractivity contribution in [1.29, 1.82) is 5.26 Å². The van der Waals surface area contributed by atoms with Gasteiger partial charge in [-0.2, -0.15) is 5.26 Å². The Balaban J connectivity index is 1.72. The lowest BCUT2D eigenvalue weighted by Gasteiger charge is -2.42. The number of hydrogen-bond acceptors (Lipinski definition) is 3. The van der Waals surface area contributed by atoms with Crippen LogP contribution in [0.4, 0.5) is 0 Å². The Morgan fingerprint density at radius 2 is 1.40 bits per heavy atom. The van der Waals surface area contributed by atoms with Crippen molar-refractivity contribution in [3.8, 4) is 6.07 Å². The minimum Gasteiger partial charge on any atom is -0.351 e. The van der Waals surface area contributed by atoms with Crippen LogP contribution >= 0.6 is 0 Å². The van der Waals surface area contributed by atoms with Gasteiger partial charge in [0.05, 0.1) is 19.3 Å². The molecule has 1 aliphatic carbocycles. The van der Waals surface area contributed by atoms with Gasteiger partial charge in [-0.05, 0) is 38.0 Å². The number of hydrogen-bond donors (Lipinski definition) is 0. The Kier molecular flexibility index (Phi) is 9.28. The summed E-state index contributed by atoms with van der Waals surface area (Å²) < 4.78 is 12.1. The summed E-state index contributed by atoms with van der Waals surface area (Å²) in [4.78, 5) is 0. The van der Waals surface area contributed by atoms with Gasteiger partial charge in [0.25, 0.3) is 0 Å². The third-order valence-corrected chi connectivity index (χ3v) is 6.32. The van der Waals surface area contributed by atoms with Gasteiger partial charge in [0.2, 0.25) is 0 Å². The van der Waals surface area contributed by atoms with E-state index < -0.39 is 5.41 Å². The number of nitrogens with zero attached hydrogens (tertiary/aromatic N) is 1. The number of unbranched alkanes of at least 4 members (excludes halogenated alkanes) is 5. The van der Waals surface area contributed by atoms with Gasteiger partial charge in [-0.3, -0.25) is 0 Å². The predicted octanol–water partition coefficient (Wildman–Crippen LogP) is 6.23. The summed E-state index contributed by atoms with van der Waals surface area (Å²) in [5.41, 5.74) is -0.395. The van der Waals surface area contributed by atoms with Gasteiger partial charge in [-0.1, -0.05) is 65.2 Å². The van der Waals surface area contributed by atoms with Gasteiger partial charge in [0.1, 0.15) is 5.41 Å². The Morgan fingerprint density at radius 3 is 2.00 bits per heavy atom.